The first-order chi connectivity index (χ1) is 14.1. The SMILES string of the molecule is CCOC(=O)c1c(C)c(C(=O)CN(C(C)C)S(=O)(=O)c2ccccc2)c(C)n1CC. The summed E-state index contributed by atoms with van der Waals surface area (Å²) < 4.78 is 34.3. The minimum absolute atomic E-state index is 0.137. The molecule has 0 aliphatic heterocycles. The number of esters is 1. The summed E-state index contributed by atoms with van der Waals surface area (Å²) in [7, 11) is -3.85. The van der Waals surface area contributed by atoms with Crippen molar-refractivity contribution in [3.63, 3.8) is 0 Å². The zero-order valence-electron chi connectivity index (χ0n) is 18.4. The Kier molecular flexibility index (Phi) is 7.60. The van der Waals surface area contributed by atoms with Gasteiger partial charge in [0.2, 0.25) is 10.0 Å². The van der Waals surface area contributed by atoms with Crippen LogP contribution >= 0.6 is 0 Å². The van der Waals surface area contributed by atoms with Crippen LogP contribution in [0.25, 0.3) is 0 Å². The van der Waals surface area contributed by atoms with Gasteiger partial charge in [-0.15, -0.1) is 0 Å². The van der Waals surface area contributed by atoms with Crippen LogP contribution < -0.4 is 0 Å². The van der Waals surface area contributed by atoms with E-state index in [9.17, 15) is 18.0 Å². The molecular weight excluding hydrogens is 404 g/mol. The van der Waals surface area contributed by atoms with Crippen LogP contribution in [0.3, 0.4) is 0 Å². The van der Waals surface area contributed by atoms with Crippen molar-refractivity contribution < 1.29 is 22.7 Å². The van der Waals surface area contributed by atoms with E-state index in [0.717, 1.165) is 0 Å². The lowest BCUT2D eigenvalue weighted by molar-refractivity contribution is 0.0512. The number of hydrogen-bond acceptors (Lipinski definition) is 5. The van der Waals surface area contributed by atoms with Crippen LogP contribution in [0.5, 0.6) is 0 Å². The lowest BCUT2D eigenvalue weighted by Crippen LogP contribution is -2.40. The van der Waals surface area contributed by atoms with Crippen molar-refractivity contribution in [2.24, 2.45) is 0 Å². The first-order valence-corrected chi connectivity index (χ1v) is 11.5. The van der Waals surface area contributed by atoms with Gasteiger partial charge < -0.3 is 9.30 Å². The third kappa shape index (κ3) is 4.49. The fraction of sp³-hybridized carbons (Fsp3) is 0.455. The average Bonchev–Trinajstić information content (AvgIpc) is 2.96. The van der Waals surface area contributed by atoms with E-state index < -0.39 is 22.0 Å². The number of ketones is 1. The highest BCUT2D eigenvalue weighted by Gasteiger charge is 2.32. The Morgan fingerprint density at radius 1 is 1.10 bits per heavy atom. The monoisotopic (exact) mass is 434 g/mol. The van der Waals surface area contributed by atoms with Gasteiger partial charge in [-0.2, -0.15) is 4.31 Å². The maximum atomic E-state index is 13.3. The number of benzene rings is 1. The molecule has 0 spiro atoms. The van der Waals surface area contributed by atoms with E-state index in [0.29, 0.717) is 29.1 Å². The van der Waals surface area contributed by atoms with E-state index in [1.54, 1.807) is 57.4 Å². The van der Waals surface area contributed by atoms with Gasteiger partial charge in [-0.1, -0.05) is 18.2 Å². The molecule has 0 radical (unpaired) electrons. The van der Waals surface area contributed by atoms with E-state index in [4.69, 9.17) is 4.74 Å². The summed E-state index contributed by atoms with van der Waals surface area (Å²) in [5, 5.41) is 0. The van der Waals surface area contributed by atoms with Crippen LogP contribution in [0, 0.1) is 13.8 Å². The van der Waals surface area contributed by atoms with Crippen LogP contribution in [-0.4, -0.2) is 48.2 Å². The summed E-state index contributed by atoms with van der Waals surface area (Å²) >= 11 is 0. The second-order valence-corrected chi connectivity index (χ2v) is 9.17. The quantitative estimate of drug-likeness (QED) is 0.445. The number of carbonyl (C=O) groups is 2. The Hall–Kier alpha value is -2.45. The summed E-state index contributed by atoms with van der Waals surface area (Å²) in [5.74, 6) is -0.840. The molecule has 0 aliphatic rings. The van der Waals surface area contributed by atoms with Crippen molar-refractivity contribution in [1.29, 1.82) is 0 Å². The highest BCUT2D eigenvalue weighted by atomic mass is 32.2. The van der Waals surface area contributed by atoms with Crippen LogP contribution in [0.2, 0.25) is 0 Å². The number of sulfonamides is 1. The first kappa shape index (κ1) is 23.8. The molecule has 7 nitrogen and oxygen atoms in total. The maximum absolute atomic E-state index is 13.3. The minimum Gasteiger partial charge on any atom is -0.461 e. The number of nitrogens with zero attached hydrogens (tertiary/aromatic N) is 2. The number of rotatable bonds is 9. The Bertz CT molecular complexity index is 1020. The second kappa shape index (κ2) is 9.57. The molecule has 1 aromatic carbocycles. The van der Waals surface area contributed by atoms with Crippen molar-refractivity contribution >= 4 is 21.8 Å². The molecule has 0 fully saturated rings. The van der Waals surface area contributed by atoms with E-state index >= 15 is 0 Å². The Labute approximate surface area is 178 Å². The van der Waals surface area contributed by atoms with Gasteiger partial charge in [0.05, 0.1) is 18.0 Å². The number of Topliss-reactive ketones (excluding diaryl/α,β-unsaturated/α-hetero) is 1. The third-order valence-corrected chi connectivity index (χ3v) is 7.09. The maximum Gasteiger partial charge on any atom is 0.355 e. The molecule has 1 heterocycles. The van der Waals surface area contributed by atoms with Crippen LogP contribution in [0.4, 0.5) is 0 Å². The highest BCUT2D eigenvalue weighted by molar-refractivity contribution is 7.89. The lowest BCUT2D eigenvalue weighted by Gasteiger charge is -2.25. The molecule has 164 valence electrons. The van der Waals surface area contributed by atoms with Gasteiger partial charge in [0.25, 0.3) is 0 Å². The van der Waals surface area contributed by atoms with Crippen LogP contribution in [0.1, 0.15) is 59.8 Å². The van der Waals surface area contributed by atoms with Gasteiger partial charge >= 0.3 is 5.97 Å². The van der Waals surface area contributed by atoms with Crippen molar-refractivity contribution in [2.75, 3.05) is 13.2 Å². The normalized spacial score (nSPS) is 11.9. The lowest BCUT2D eigenvalue weighted by atomic mass is 10.1. The van der Waals surface area contributed by atoms with Crippen molar-refractivity contribution in [3.05, 3.63) is 52.8 Å². The molecule has 30 heavy (non-hydrogen) atoms. The smallest absolute Gasteiger partial charge is 0.355 e. The zero-order chi connectivity index (χ0) is 22.6. The summed E-state index contributed by atoms with van der Waals surface area (Å²) in [6.45, 7) is 10.9. The largest absolute Gasteiger partial charge is 0.461 e. The molecule has 1 aromatic heterocycles. The van der Waals surface area contributed by atoms with E-state index in [1.807, 2.05) is 6.92 Å². The topological polar surface area (TPSA) is 85.7 Å². The number of aromatic nitrogens is 1. The number of hydrogen-bond donors (Lipinski definition) is 0. The fourth-order valence-corrected chi connectivity index (χ4v) is 5.27. The van der Waals surface area contributed by atoms with Gasteiger partial charge in [-0.25, -0.2) is 13.2 Å². The molecule has 0 saturated heterocycles. The van der Waals surface area contributed by atoms with Crippen molar-refractivity contribution in [2.45, 2.75) is 59.0 Å². The first-order valence-electron chi connectivity index (χ1n) is 10.0. The zero-order valence-corrected chi connectivity index (χ0v) is 19.2. The van der Waals surface area contributed by atoms with E-state index in [1.165, 1.54) is 16.4 Å². The van der Waals surface area contributed by atoms with Crippen molar-refractivity contribution in [1.82, 2.24) is 8.87 Å². The van der Waals surface area contributed by atoms with Crippen LogP contribution in [-0.2, 0) is 21.3 Å². The van der Waals surface area contributed by atoms with Crippen molar-refractivity contribution in [3.8, 4) is 0 Å². The number of carbonyl (C=O) groups excluding carboxylic acids is 2. The highest BCUT2D eigenvalue weighted by Crippen LogP contribution is 2.26. The molecule has 0 amide bonds. The Balaban J connectivity index is 2.48. The average molecular weight is 435 g/mol. The predicted octanol–water partition coefficient (Wildman–Crippen LogP) is 3.58. The third-order valence-electron chi connectivity index (χ3n) is 5.06. The van der Waals surface area contributed by atoms with Gasteiger partial charge in [-0.05, 0) is 59.2 Å². The molecule has 2 aromatic rings. The molecule has 8 heteroatoms. The van der Waals surface area contributed by atoms with E-state index in [2.05, 4.69) is 0 Å². The standard InChI is InChI=1S/C22H30N2O5S/c1-7-23-17(6)20(16(5)21(23)22(26)29-8-2)19(25)14-24(15(3)4)30(27,28)18-12-10-9-11-13-18/h9-13,15H,7-8,14H2,1-6H3. The summed E-state index contributed by atoms with van der Waals surface area (Å²) in [6, 6.07) is 7.64. The summed E-state index contributed by atoms with van der Waals surface area (Å²) in [4.78, 5) is 25.9. The molecule has 0 N–H and O–H groups in total. The molecule has 0 bridgehead atoms. The molecule has 2 rings (SSSR count). The Morgan fingerprint density at radius 2 is 1.70 bits per heavy atom. The van der Waals surface area contributed by atoms with Crippen LogP contribution in [0.15, 0.2) is 35.2 Å². The summed E-state index contributed by atoms with van der Waals surface area (Å²) in [6.07, 6.45) is 0. The van der Waals surface area contributed by atoms with Gasteiger partial charge in [-0.3, -0.25) is 4.79 Å². The molecular formula is C22H30N2O5S. The van der Waals surface area contributed by atoms with Gasteiger partial charge in [0, 0.05) is 23.8 Å². The molecule has 0 unspecified atom stereocenters. The number of ether oxygens (including phenoxy) is 1. The summed E-state index contributed by atoms with van der Waals surface area (Å²) in [5.41, 5.74) is 1.85. The van der Waals surface area contributed by atoms with E-state index in [-0.39, 0.29) is 23.8 Å². The molecule has 0 saturated carbocycles. The molecule has 0 atom stereocenters. The Morgan fingerprint density at radius 3 is 2.20 bits per heavy atom. The minimum atomic E-state index is -3.85. The van der Waals surface area contributed by atoms with Gasteiger partial charge in [0.1, 0.15) is 5.69 Å². The predicted molar refractivity (Wildman–Crippen MR) is 115 cm³/mol. The fourth-order valence-electron chi connectivity index (χ4n) is 3.66. The molecule has 0 aliphatic carbocycles. The van der Waals surface area contributed by atoms with Gasteiger partial charge in [0.15, 0.2) is 5.78 Å². The second-order valence-electron chi connectivity index (χ2n) is 7.28.